The first-order chi connectivity index (χ1) is 14.5. The molecule has 0 radical (unpaired) electrons. The van der Waals surface area contributed by atoms with E-state index in [1.54, 1.807) is 0 Å². The summed E-state index contributed by atoms with van der Waals surface area (Å²) < 4.78 is 11.1. The lowest BCUT2D eigenvalue weighted by atomic mass is 10.2. The lowest BCUT2D eigenvalue weighted by Crippen LogP contribution is -2.35. The number of benzene rings is 1. The third-order valence-corrected chi connectivity index (χ3v) is 2.00. The molecule has 1 aromatic carbocycles. The minimum absolute atomic E-state index is 0.139. The van der Waals surface area contributed by atoms with E-state index in [2.05, 4.69) is 47.3 Å². The summed E-state index contributed by atoms with van der Waals surface area (Å²) in [6.07, 6.45) is -3.01. The van der Waals surface area contributed by atoms with E-state index in [9.17, 15) is 0 Å². The number of aldehydes is 1. The monoisotopic (exact) mass is 463 g/mol. The molecular weight excluding hydrogens is 422 g/mol. The van der Waals surface area contributed by atoms with Gasteiger partial charge in [-0.15, -0.1) is 0 Å². The molecule has 0 saturated carbocycles. The van der Waals surface area contributed by atoms with Crippen molar-refractivity contribution in [3.05, 3.63) is 29.8 Å². The maximum Gasteiger partial charge on any atom is 0.503 e. The Labute approximate surface area is 191 Å². The molecule has 1 aliphatic rings. The van der Waals surface area contributed by atoms with E-state index in [1.165, 1.54) is 0 Å². The highest BCUT2D eigenvalue weighted by Gasteiger charge is 2.26. The predicted molar refractivity (Wildman–Crippen MR) is 123 cm³/mol. The molecule has 1 heterocycles. The van der Waals surface area contributed by atoms with Gasteiger partial charge in [0.15, 0.2) is 0 Å². The van der Waals surface area contributed by atoms with Crippen LogP contribution in [0.1, 0.15) is 61.0 Å². The van der Waals surface area contributed by atoms with Crippen LogP contribution >= 0.6 is 0 Å². The minimum atomic E-state index is -1.83. The van der Waals surface area contributed by atoms with Crippen molar-refractivity contribution >= 4 is 18.6 Å². The van der Waals surface area contributed by atoms with Gasteiger partial charge in [-0.1, -0.05) is 59.7 Å². The van der Waals surface area contributed by atoms with Gasteiger partial charge in [0, 0.05) is 26.0 Å². The Hall–Kier alpha value is -2.85. The van der Waals surface area contributed by atoms with Crippen LogP contribution in [0.5, 0.6) is 5.75 Å². The standard InChI is InChI=1S/C10H12O2.2C4H10.C2H5NO.2CH2O3/c1-10(2)11-7-8-5-3-4-6-9(8)12-10;2*1-4(2)3;3-1-2-4;2*2-1(3)4/h3-6H,7H2,1-2H3;2*4H,1-3H3;2H,1,3H2;2*(H2,2,3,4). The first-order valence-corrected chi connectivity index (χ1v) is 9.90. The normalized spacial score (nSPS) is 11.8. The summed E-state index contributed by atoms with van der Waals surface area (Å²) in [5.41, 5.74) is 5.78. The maximum atomic E-state index is 9.05. The molecule has 2 rings (SSSR count). The minimum Gasteiger partial charge on any atom is -0.463 e. The maximum absolute atomic E-state index is 9.05. The third-order valence-electron chi connectivity index (χ3n) is 2.00. The summed E-state index contributed by atoms with van der Waals surface area (Å²) >= 11 is 0. The van der Waals surface area contributed by atoms with E-state index in [-0.39, 0.29) is 6.54 Å². The molecule has 10 heteroatoms. The van der Waals surface area contributed by atoms with Gasteiger partial charge in [0.2, 0.25) is 5.79 Å². The van der Waals surface area contributed by atoms with Crippen LogP contribution in [-0.2, 0) is 16.1 Å². The zero-order valence-corrected chi connectivity index (χ0v) is 20.4. The van der Waals surface area contributed by atoms with Crippen molar-refractivity contribution in [1.82, 2.24) is 0 Å². The van der Waals surface area contributed by atoms with Gasteiger partial charge in [0.25, 0.3) is 0 Å². The molecule has 0 atom stereocenters. The van der Waals surface area contributed by atoms with Crippen LogP contribution in [0.2, 0.25) is 0 Å². The Morgan fingerprint density at radius 1 is 0.969 bits per heavy atom. The van der Waals surface area contributed by atoms with E-state index in [0.29, 0.717) is 12.9 Å². The quantitative estimate of drug-likeness (QED) is 0.346. The highest BCUT2D eigenvalue weighted by atomic mass is 16.7. The number of carbonyl (C=O) groups excluding carboxylic acids is 1. The summed E-state index contributed by atoms with van der Waals surface area (Å²) in [7, 11) is 0. The van der Waals surface area contributed by atoms with Gasteiger partial charge >= 0.3 is 12.3 Å². The van der Waals surface area contributed by atoms with Crippen LogP contribution in [-0.4, -0.2) is 51.4 Å². The Balaban J connectivity index is -0.000000166. The highest BCUT2D eigenvalue weighted by molar-refractivity contribution is 5.53. The molecular formula is C22H41NO9. The topological polar surface area (TPSA) is 177 Å². The van der Waals surface area contributed by atoms with Crippen molar-refractivity contribution in [2.75, 3.05) is 6.54 Å². The Morgan fingerprint density at radius 2 is 1.28 bits per heavy atom. The Morgan fingerprint density at radius 3 is 1.59 bits per heavy atom. The van der Waals surface area contributed by atoms with Gasteiger partial charge in [-0.2, -0.15) is 0 Å². The van der Waals surface area contributed by atoms with Crippen LogP contribution in [0.15, 0.2) is 24.3 Å². The van der Waals surface area contributed by atoms with Crippen LogP contribution in [0, 0.1) is 11.8 Å². The molecule has 0 aliphatic carbocycles. The number of ether oxygens (including phenoxy) is 2. The zero-order valence-electron chi connectivity index (χ0n) is 20.4. The fourth-order valence-corrected chi connectivity index (χ4v) is 1.27. The fraction of sp³-hybridized carbons (Fsp3) is 0.591. The number of carboxylic acid groups (broad SMARTS) is 4. The number of fused-ring (bicyclic) bond motifs is 1. The van der Waals surface area contributed by atoms with Crippen LogP contribution in [0.4, 0.5) is 9.59 Å². The molecule has 0 bridgehead atoms. The van der Waals surface area contributed by atoms with Crippen molar-refractivity contribution in [1.29, 1.82) is 0 Å². The first-order valence-electron chi connectivity index (χ1n) is 9.90. The molecule has 0 aromatic heterocycles. The summed E-state index contributed by atoms with van der Waals surface area (Å²) in [5.74, 6) is 2.13. The molecule has 0 saturated heterocycles. The number of hydrogen-bond acceptors (Lipinski definition) is 6. The van der Waals surface area contributed by atoms with Gasteiger partial charge in [-0.25, -0.2) is 9.59 Å². The lowest BCUT2D eigenvalue weighted by molar-refractivity contribution is -0.180. The molecule has 0 amide bonds. The second-order valence-electron chi connectivity index (χ2n) is 7.83. The first kappa shape index (κ1) is 36.5. The number of para-hydroxylation sites is 1. The molecule has 188 valence electrons. The molecule has 0 unspecified atom stereocenters. The van der Waals surface area contributed by atoms with Crippen LogP contribution in [0.25, 0.3) is 0 Å². The molecule has 0 spiro atoms. The molecule has 6 N–H and O–H groups in total. The smallest absolute Gasteiger partial charge is 0.463 e. The largest absolute Gasteiger partial charge is 0.503 e. The Bertz CT molecular complexity index is 571. The van der Waals surface area contributed by atoms with Crippen LogP contribution < -0.4 is 10.5 Å². The van der Waals surface area contributed by atoms with Gasteiger partial charge in [0.1, 0.15) is 12.0 Å². The van der Waals surface area contributed by atoms with Crippen molar-refractivity contribution < 1.29 is 44.3 Å². The van der Waals surface area contributed by atoms with Gasteiger partial charge < -0.3 is 40.4 Å². The molecule has 10 nitrogen and oxygen atoms in total. The summed E-state index contributed by atoms with van der Waals surface area (Å²) in [6, 6.07) is 7.95. The van der Waals surface area contributed by atoms with E-state index in [1.807, 2.05) is 38.1 Å². The lowest BCUT2D eigenvalue weighted by Gasteiger charge is -2.32. The SMILES string of the molecule is CC(C)C.CC(C)C.CC1(C)OCc2ccccc2O1.NCC=O.O=C(O)O.O=C(O)O. The summed E-state index contributed by atoms with van der Waals surface area (Å²) in [6.45, 7) is 17.6. The summed E-state index contributed by atoms with van der Waals surface area (Å²) in [4.78, 5) is 26.2. The van der Waals surface area contributed by atoms with Gasteiger partial charge in [-0.05, 0) is 17.9 Å². The second-order valence-corrected chi connectivity index (χ2v) is 7.83. The van der Waals surface area contributed by atoms with E-state index in [0.717, 1.165) is 23.1 Å². The van der Waals surface area contributed by atoms with E-state index in [4.69, 9.17) is 44.3 Å². The average Bonchev–Trinajstić information content (AvgIpc) is 2.59. The molecule has 1 aromatic rings. The number of hydrogen-bond donors (Lipinski definition) is 5. The predicted octanol–water partition coefficient (Wildman–Crippen LogP) is 5.25. The molecule has 1 aliphatic heterocycles. The average molecular weight is 464 g/mol. The van der Waals surface area contributed by atoms with Gasteiger partial charge in [-0.3, -0.25) is 0 Å². The van der Waals surface area contributed by atoms with E-state index >= 15 is 0 Å². The van der Waals surface area contributed by atoms with Crippen molar-refractivity contribution in [2.24, 2.45) is 17.6 Å². The third kappa shape index (κ3) is 45.7. The van der Waals surface area contributed by atoms with Crippen molar-refractivity contribution in [3.63, 3.8) is 0 Å². The fourth-order valence-electron chi connectivity index (χ4n) is 1.27. The Kier molecular flexibility index (Phi) is 26.1. The number of nitrogens with two attached hydrogens (primary N) is 1. The van der Waals surface area contributed by atoms with Crippen molar-refractivity contribution in [2.45, 2.75) is 67.8 Å². The second kappa shape index (κ2) is 22.8. The van der Waals surface area contributed by atoms with Crippen molar-refractivity contribution in [3.8, 4) is 5.75 Å². The number of carbonyl (C=O) groups is 3. The van der Waals surface area contributed by atoms with E-state index < -0.39 is 18.1 Å². The number of rotatable bonds is 1. The summed E-state index contributed by atoms with van der Waals surface area (Å²) in [5, 5.41) is 27.9. The highest BCUT2D eigenvalue weighted by Crippen LogP contribution is 2.30. The van der Waals surface area contributed by atoms with Gasteiger partial charge in [0.05, 0.1) is 6.61 Å². The zero-order chi connectivity index (χ0) is 26.3. The molecule has 0 fully saturated rings. The van der Waals surface area contributed by atoms with Crippen LogP contribution in [0.3, 0.4) is 0 Å². The molecule has 32 heavy (non-hydrogen) atoms.